The number of para-hydroxylation sites is 1. The first-order valence-corrected chi connectivity index (χ1v) is 9.93. The number of nitrogens with zero attached hydrogens (tertiary/aromatic N) is 3. The highest BCUT2D eigenvalue weighted by molar-refractivity contribution is 5.83. The molecule has 0 bridgehead atoms. The van der Waals surface area contributed by atoms with Gasteiger partial charge in [0.1, 0.15) is 5.82 Å². The van der Waals surface area contributed by atoms with Crippen LogP contribution >= 0.6 is 0 Å². The van der Waals surface area contributed by atoms with E-state index in [9.17, 15) is 4.79 Å². The van der Waals surface area contributed by atoms with Gasteiger partial charge < -0.3 is 4.90 Å². The van der Waals surface area contributed by atoms with E-state index in [1.54, 1.807) is 18.3 Å². The summed E-state index contributed by atoms with van der Waals surface area (Å²) in [4.78, 5) is 19.6. The molecule has 1 saturated carbocycles. The van der Waals surface area contributed by atoms with E-state index in [-0.39, 0.29) is 5.43 Å². The van der Waals surface area contributed by atoms with Crippen LogP contribution in [0.4, 0.5) is 5.82 Å². The highest BCUT2D eigenvalue weighted by atomic mass is 16.1. The summed E-state index contributed by atoms with van der Waals surface area (Å²) in [6.07, 6.45) is 9.62. The molecule has 4 nitrogen and oxygen atoms in total. The van der Waals surface area contributed by atoms with E-state index in [4.69, 9.17) is 0 Å². The van der Waals surface area contributed by atoms with Gasteiger partial charge in [0.05, 0.1) is 10.9 Å². The van der Waals surface area contributed by atoms with Gasteiger partial charge in [-0.05, 0) is 56.0 Å². The van der Waals surface area contributed by atoms with Crippen molar-refractivity contribution in [2.24, 2.45) is 5.92 Å². The van der Waals surface area contributed by atoms with Crippen LogP contribution in [0.1, 0.15) is 18.5 Å². The molecule has 1 aliphatic rings. The van der Waals surface area contributed by atoms with E-state index in [2.05, 4.69) is 39.7 Å². The van der Waals surface area contributed by atoms with E-state index in [1.165, 1.54) is 12.8 Å². The highest BCUT2D eigenvalue weighted by Gasteiger charge is 2.27. The summed E-state index contributed by atoms with van der Waals surface area (Å²) in [6, 6.07) is 13.8. The van der Waals surface area contributed by atoms with Crippen molar-refractivity contribution in [1.82, 2.24) is 9.55 Å². The fraction of sp³-hybridized carbons (Fsp3) is 0.200. The molecule has 29 heavy (non-hydrogen) atoms. The molecule has 0 spiro atoms. The minimum atomic E-state index is -0.0301. The standard InChI is InChI=1S/C25H25N3O/c1-4-9-20(5-2)27(17-19-12-13-19)25-15-24(29)22-16-26-18(3)14-23(22)28(25)21-10-7-6-8-11-21/h4-11,14-16,19H,1-2,12-13,17H2,3H3/b20-9+. The van der Waals surface area contributed by atoms with Crippen molar-refractivity contribution in [3.05, 3.63) is 102 Å². The average Bonchev–Trinajstić information content (AvgIpc) is 3.55. The van der Waals surface area contributed by atoms with Crippen molar-refractivity contribution in [2.45, 2.75) is 19.8 Å². The van der Waals surface area contributed by atoms with Gasteiger partial charge in [-0.3, -0.25) is 14.3 Å². The fourth-order valence-electron chi connectivity index (χ4n) is 3.63. The van der Waals surface area contributed by atoms with Gasteiger partial charge in [-0.1, -0.05) is 37.4 Å². The first kappa shape index (κ1) is 18.9. The molecule has 2 heterocycles. The lowest BCUT2D eigenvalue weighted by Gasteiger charge is -2.30. The number of aromatic nitrogens is 2. The van der Waals surface area contributed by atoms with Gasteiger partial charge in [0.15, 0.2) is 5.43 Å². The predicted molar refractivity (Wildman–Crippen MR) is 121 cm³/mol. The predicted octanol–water partition coefficient (Wildman–Crippen LogP) is 5.17. The first-order chi connectivity index (χ1) is 14.1. The van der Waals surface area contributed by atoms with Crippen molar-refractivity contribution in [3.8, 4) is 5.69 Å². The summed E-state index contributed by atoms with van der Waals surface area (Å²) in [5, 5.41) is 0.613. The van der Waals surface area contributed by atoms with Crippen LogP contribution in [0.2, 0.25) is 0 Å². The fourth-order valence-corrected chi connectivity index (χ4v) is 3.63. The van der Waals surface area contributed by atoms with Crippen LogP contribution in [0.3, 0.4) is 0 Å². The number of benzene rings is 1. The highest BCUT2D eigenvalue weighted by Crippen LogP contribution is 2.35. The van der Waals surface area contributed by atoms with Crippen LogP contribution < -0.4 is 10.3 Å². The van der Waals surface area contributed by atoms with Crippen LogP contribution in [-0.4, -0.2) is 16.1 Å². The van der Waals surface area contributed by atoms with E-state index in [0.717, 1.165) is 35.0 Å². The van der Waals surface area contributed by atoms with Gasteiger partial charge in [-0.25, -0.2) is 0 Å². The molecule has 0 radical (unpaired) electrons. The Balaban J connectivity index is 2.06. The molecule has 146 valence electrons. The zero-order valence-corrected chi connectivity index (χ0v) is 16.7. The van der Waals surface area contributed by atoms with Gasteiger partial charge in [-0.15, -0.1) is 0 Å². The normalized spacial score (nSPS) is 14.0. The first-order valence-electron chi connectivity index (χ1n) is 9.93. The minimum Gasteiger partial charge on any atom is -0.327 e. The third kappa shape index (κ3) is 3.79. The Morgan fingerprint density at radius 1 is 1.24 bits per heavy atom. The van der Waals surface area contributed by atoms with E-state index < -0.39 is 0 Å². The third-order valence-electron chi connectivity index (χ3n) is 5.25. The lowest BCUT2D eigenvalue weighted by atomic mass is 10.1. The molecular formula is C25H25N3O. The second-order valence-corrected chi connectivity index (χ2v) is 7.47. The lowest BCUT2D eigenvalue weighted by Crippen LogP contribution is -2.29. The second kappa shape index (κ2) is 7.92. The van der Waals surface area contributed by atoms with Crippen molar-refractivity contribution < 1.29 is 0 Å². The van der Waals surface area contributed by atoms with Crippen LogP contribution in [0.25, 0.3) is 16.6 Å². The third-order valence-corrected chi connectivity index (χ3v) is 5.25. The molecule has 0 amide bonds. The molecule has 1 fully saturated rings. The molecule has 0 aliphatic heterocycles. The molecule has 4 heteroatoms. The van der Waals surface area contributed by atoms with Crippen molar-refractivity contribution in [3.63, 3.8) is 0 Å². The topological polar surface area (TPSA) is 38.1 Å². The second-order valence-electron chi connectivity index (χ2n) is 7.47. The Kier molecular flexibility index (Phi) is 5.17. The molecule has 0 atom stereocenters. The number of fused-ring (bicyclic) bond motifs is 1. The molecule has 0 saturated heterocycles. The number of allylic oxidation sites excluding steroid dienone is 3. The number of rotatable bonds is 7. The van der Waals surface area contributed by atoms with Crippen LogP contribution in [0.5, 0.6) is 0 Å². The van der Waals surface area contributed by atoms with E-state index in [1.807, 2.05) is 43.3 Å². The smallest absolute Gasteiger partial charge is 0.193 e. The van der Waals surface area contributed by atoms with Gasteiger partial charge >= 0.3 is 0 Å². The largest absolute Gasteiger partial charge is 0.327 e. The number of hydrogen-bond acceptors (Lipinski definition) is 3. The molecule has 0 unspecified atom stereocenters. The molecule has 3 aromatic rings. The SMILES string of the molecule is C=C/C=C(\C=C)N(CC1CC1)c1cc(=O)c2cnc(C)cc2n1-c1ccccc1. The minimum absolute atomic E-state index is 0.0301. The van der Waals surface area contributed by atoms with Gasteiger partial charge in [0, 0.05) is 35.9 Å². The van der Waals surface area contributed by atoms with Crippen LogP contribution in [0, 0.1) is 12.8 Å². The maximum Gasteiger partial charge on any atom is 0.193 e. The quantitative estimate of drug-likeness (QED) is 0.529. The number of pyridine rings is 2. The molecule has 1 aliphatic carbocycles. The summed E-state index contributed by atoms with van der Waals surface area (Å²) in [7, 11) is 0. The molecule has 4 rings (SSSR count). The van der Waals surface area contributed by atoms with Crippen molar-refractivity contribution in [2.75, 3.05) is 11.4 Å². The Labute approximate surface area is 171 Å². The molecule has 2 aromatic heterocycles. The van der Waals surface area contributed by atoms with Crippen LogP contribution in [-0.2, 0) is 0 Å². The zero-order valence-electron chi connectivity index (χ0n) is 16.7. The average molecular weight is 383 g/mol. The monoisotopic (exact) mass is 383 g/mol. The summed E-state index contributed by atoms with van der Waals surface area (Å²) < 4.78 is 2.15. The Bertz CT molecular complexity index is 1150. The lowest BCUT2D eigenvalue weighted by molar-refractivity contribution is 0.775. The van der Waals surface area contributed by atoms with Crippen molar-refractivity contribution in [1.29, 1.82) is 0 Å². The Morgan fingerprint density at radius 2 is 2.00 bits per heavy atom. The molecular weight excluding hydrogens is 358 g/mol. The van der Waals surface area contributed by atoms with Gasteiger partial charge in [-0.2, -0.15) is 0 Å². The van der Waals surface area contributed by atoms with Crippen molar-refractivity contribution >= 4 is 16.7 Å². The molecule has 1 aromatic carbocycles. The maximum absolute atomic E-state index is 13.0. The molecule has 0 N–H and O–H groups in total. The van der Waals surface area contributed by atoms with Gasteiger partial charge in [0.25, 0.3) is 0 Å². The summed E-state index contributed by atoms with van der Waals surface area (Å²) in [6.45, 7) is 10.6. The van der Waals surface area contributed by atoms with Crippen LogP contribution in [0.15, 0.2) is 90.5 Å². The van der Waals surface area contributed by atoms with E-state index >= 15 is 0 Å². The maximum atomic E-state index is 13.0. The number of aryl methyl sites for hydroxylation is 1. The number of anilines is 1. The summed E-state index contributed by atoms with van der Waals surface area (Å²) >= 11 is 0. The zero-order chi connectivity index (χ0) is 20.4. The van der Waals surface area contributed by atoms with Gasteiger partial charge in [0.2, 0.25) is 0 Å². The summed E-state index contributed by atoms with van der Waals surface area (Å²) in [5.41, 5.74) is 3.63. The summed E-state index contributed by atoms with van der Waals surface area (Å²) in [5.74, 6) is 1.46. The Morgan fingerprint density at radius 3 is 2.66 bits per heavy atom. The van der Waals surface area contributed by atoms with E-state index in [0.29, 0.717) is 11.3 Å². The number of hydrogen-bond donors (Lipinski definition) is 0. The Hall–Kier alpha value is -3.40.